The Hall–Kier alpha value is -1.42. The highest BCUT2D eigenvalue weighted by atomic mass is 32.2. The van der Waals surface area contributed by atoms with Gasteiger partial charge in [0, 0.05) is 4.90 Å². The van der Waals surface area contributed by atoms with E-state index < -0.39 is 5.51 Å². The number of halogens is 3. The van der Waals surface area contributed by atoms with E-state index in [4.69, 9.17) is 0 Å². The fourth-order valence-corrected chi connectivity index (χ4v) is 2.92. The Morgan fingerprint density at radius 2 is 1.61 bits per heavy atom. The Bertz CT molecular complexity index is 602. The zero-order chi connectivity index (χ0) is 12.8. The van der Waals surface area contributed by atoms with Gasteiger partial charge in [-0.3, -0.25) is 0 Å². The van der Waals surface area contributed by atoms with Crippen molar-refractivity contribution >= 4 is 11.8 Å². The number of alkyl halides is 3. The molecule has 0 N–H and O–H groups in total. The van der Waals surface area contributed by atoms with E-state index in [1.165, 1.54) is 5.56 Å². The molecule has 18 heavy (non-hydrogen) atoms. The van der Waals surface area contributed by atoms with Gasteiger partial charge in [0.05, 0.1) is 0 Å². The van der Waals surface area contributed by atoms with E-state index >= 15 is 0 Å². The monoisotopic (exact) mass is 266 g/mol. The Kier molecular flexibility index (Phi) is 2.63. The maximum absolute atomic E-state index is 12.3. The molecule has 0 heterocycles. The van der Waals surface area contributed by atoms with Crippen LogP contribution in [0.15, 0.2) is 47.4 Å². The van der Waals surface area contributed by atoms with Gasteiger partial charge in [-0.05, 0) is 52.6 Å². The third-order valence-electron chi connectivity index (χ3n) is 3.00. The number of benzene rings is 2. The van der Waals surface area contributed by atoms with Gasteiger partial charge in [0.15, 0.2) is 0 Å². The molecule has 0 saturated carbocycles. The summed E-state index contributed by atoms with van der Waals surface area (Å²) in [4.78, 5) is 0.258. The zero-order valence-corrected chi connectivity index (χ0v) is 10.1. The Morgan fingerprint density at radius 1 is 0.889 bits per heavy atom. The first-order valence-corrected chi connectivity index (χ1v) is 6.31. The highest BCUT2D eigenvalue weighted by molar-refractivity contribution is 8.00. The number of hydrogen-bond donors (Lipinski definition) is 0. The molecule has 0 nitrogen and oxygen atoms in total. The normalized spacial score (nSPS) is 13.3. The molecule has 2 aromatic carbocycles. The first-order chi connectivity index (χ1) is 8.53. The van der Waals surface area contributed by atoms with Gasteiger partial charge in [-0.1, -0.05) is 30.3 Å². The third kappa shape index (κ3) is 2.12. The molecular weight excluding hydrogens is 257 g/mol. The van der Waals surface area contributed by atoms with E-state index in [9.17, 15) is 13.2 Å². The van der Waals surface area contributed by atoms with Gasteiger partial charge in [-0.25, -0.2) is 0 Å². The molecule has 0 atom stereocenters. The molecule has 1 aliphatic carbocycles. The second-order valence-electron chi connectivity index (χ2n) is 4.20. The highest BCUT2D eigenvalue weighted by Gasteiger charge is 2.30. The molecule has 1 aliphatic rings. The summed E-state index contributed by atoms with van der Waals surface area (Å²) in [6.07, 6.45) is 0.720. The molecule has 0 saturated heterocycles. The molecule has 0 amide bonds. The lowest BCUT2D eigenvalue weighted by Gasteiger charge is -2.07. The van der Waals surface area contributed by atoms with Crippen LogP contribution in [0.1, 0.15) is 11.1 Å². The second kappa shape index (κ2) is 4.05. The minimum Gasteiger partial charge on any atom is -0.160 e. The van der Waals surface area contributed by atoms with Crippen LogP contribution < -0.4 is 0 Å². The fraction of sp³-hybridized carbons (Fsp3) is 0.143. The van der Waals surface area contributed by atoms with Crippen molar-refractivity contribution in [2.75, 3.05) is 0 Å². The second-order valence-corrected chi connectivity index (χ2v) is 5.34. The number of thioether (sulfide) groups is 1. The van der Waals surface area contributed by atoms with Crippen LogP contribution in [-0.2, 0) is 6.42 Å². The van der Waals surface area contributed by atoms with Crippen molar-refractivity contribution in [2.24, 2.45) is 0 Å². The summed E-state index contributed by atoms with van der Waals surface area (Å²) in [6.45, 7) is 0. The topological polar surface area (TPSA) is 0 Å². The van der Waals surface area contributed by atoms with Crippen molar-refractivity contribution < 1.29 is 13.2 Å². The summed E-state index contributed by atoms with van der Waals surface area (Å²) in [5, 5.41) is 0. The van der Waals surface area contributed by atoms with Crippen LogP contribution in [0.2, 0.25) is 0 Å². The maximum atomic E-state index is 12.3. The van der Waals surface area contributed by atoms with E-state index in [-0.39, 0.29) is 16.7 Å². The van der Waals surface area contributed by atoms with Crippen molar-refractivity contribution in [3.63, 3.8) is 0 Å². The Balaban J connectivity index is 1.98. The molecule has 3 rings (SSSR count). The van der Waals surface area contributed by atoms with Crippen LogP contribution in [0.25, 0.3) is 11.1 Å². The Morgan fingerprint density at radius 3 is 2.39 bits per heavy atom. The largest absolute Gasteiger partial charge is 0.446 e. The molecule has 0 spiro atoms. The summed E-state index contributed by atoms with van der Waals surface area (Å²) < 4.78 is 37.0. The number of hydrogen-bond acceptors (Lipinski definition) is 1. The van der Waals surface area contributed by atoms with Gasteiger partial charge in [0.2, 0.25) is 0 Å². The average molecular weight is 266 g/mol. The van der Waals surface area contributed by atoms with Gasteiger partial charge < -0.3 is 0 Å². The predicted octanol–water partition coefficient (Wildman–Crippen LogP) is 4.87. The van der Waals surface area contributed by atoms with Crippen molar-refractivity contribution in [1.29, 1.82) is 0 Å². The maximum Gasteiger partial charge on any atom is 0.446 e. The molecule has 92 valence electrons. The molecule has 0 bridgehead atoms. The van der Waals surface area contributed by atoms with Gasteiger partial charge in [-0.2, -0.15) is 13.2 Å². The molecule has 0 unspecified atom stereocenters. The summed E-state index contributed by atoms with van der Waals surface area (Å²) in [6, 6.07) is 12.9. The van der Waals surface area contributed by atoms with Crippen LogP contribution in [0, 0.1) is 0 Å². The van der Waals surface area contributed by atoms with Crippen molar-refractivity contribution in [1.82, 2.24) is 0 Å². The first kappa shape index (κ1) is 11.7. The minimum atomic E-state index is -4.22. The van der Waals surface area contributed by atoms with Crippen LogP contribution >= 0.6 is 11.8 Å². The molecule has 0 fully saturated rings. The van der Waals surface area contributed by atoms with E-state index in [1.807, 2.05) is 24.3 Å². The average Bonchev–Trinajstić information content (AvgIpc) is 2.64. The smallest absolute Gasteiger partial charge is 0.160 e. The zero-order valence-electron chi connectivity index (χ0n) is 9.29. The molecular formula is C14H9F3S. The SMILES string of the molecule is FC(F)(F)Sc1ccc2c(c1)Cc1ccccc1-2. The van der Waals surface area contributed by atoms with E-state index in [1.54, 1.807) is 18.2 Å². The predicted molar refractivity (Wildman–Crippen MR) is 66.6 cm³/mol. The summed E-state index contributed by atoms with van der Waals surface area (Å²) in [5.74, 6) is 0. The van der Waals surface area contributed by atoms with Gasteiger partial charge in [-0.15, -0.1) is 0 Å². The quantitative estimate of drug-likeness (QED) is 0.566. The summed E-state index contributed by atoms with van der Waals surface area (Å²) >= 11 is -0.0545. The fourth-order valence-electron chi connectivity index (χ4n) is 2.32. The van der Waals surface area contributed by atoms with Crippen molar-refractivity contribution in [3.05, 3.63) is 53.6 Å². The molecule has 0 radical (unpaired) electrons. The number of fused-ring (bicyclic) bond motifs is 3. The van der Waals surface area contributed by atoms with Crippen molar-refractivity contribution in [3.8, 4) is 11.1 Å². The van der Waals surface area contributed by atoms with E-state index in [0.29, 0.717) is 0 Å². The van der Waals surface area contributed by atoms with E-state index in [2.05, 4.69) is 0 Å². The lowest BCUT2D eigenvalue weighted by Crippen LogP contribution is -1.99. The first-order valence-electron chi connectivity index (χ1n) is 5.50. The van der Waals surface area contributed by atoms with Crippen molar-refractivity contribution in [2.45, 2.75) is 16.8 Å². The van der Waals surface area contributed by atoms with Crippen LogP contribution in [-0.4, -0.2) is 5.51 Å². The van der Waals surface area contributed by atoms with Crippen LogP contribution in [0.5, 0.6) is 0 Å². The molecule has 0 aliphatic heterocycles. The molecule has 2 aromatic rings. The van der Waals surface area contributed by atoms with Gasteiger partial charge in [0.25, 0.3) is 0 Å². The van der Waals surface area contributed by atoms with Gasteiger partial charge >= 0.3 is 5.51 Å². The summed E-state index contributed by atoms with van der Waals surface area (Å²) in [5.41, 5.74) is 0.125. The lowest BCUT2D eigenvalue weighted by molar-refractivity contribution is -0.0328. The standard InChI is InChI=1S/C14H9F3S/c15-14(16,17)18-11-5-6-13-10(8-11)7-9-3-1-2-4-12(9)13/h1-6,8H,7H2. The highest BCUT2D eigenvalue weighted by Crippen LogP contribution is 2.42. The van der Waals surface area contributed by atoms with Crippen LogP contribution in [0.3, 0.4) is 0 Å². The number of rotatable bonds is 1. The Labute approximate surface area is 107 Å². The van der Waals surface area contributed by atoms with E-state index in [0.717, 1.165) is 23.1 Å². The molecule has 4 heteroatoms. The van der Waals surface area contributed by atoms with Gasteiger partial charge in [0.1, 0.15) is 0 Å². The third-order valence-corrected chi connectivity index (χ3v) is 3.72. The molecule has 0 aromatic heterocycles. The van der Waals surface area contributed by atoms with Crippen LogP contribution in [0.4, 0.5) is 13.2 Å². The lowest BCUT2D eigenvalue weighted by atomic mass is 10.1. The summed E-state index contributed by atoms with van der Waals surface area (Å²) in [7, 11) is 0. The minimum absolute atomic E-state index is 0.0545.